The third-order valence-electron chi connectivity index (χ3n) is 3.92. The number of ether oxygens (including phenoxy) is 1. The van der Waals surface area contributed by atoms with Gasteiger partial charge in [-0.05, 0) is 43.2 Å². The van der Waals surface area contributed by atoms with Crippen LogP contribution in [0, 0.1) is 6.92 Å². The van der Waals surface area contributed by atoms with E-state index in [1.165, 1.54) is 0 Å². The molecule has 1 atom stereocenters. The average Bonchev–Trinajstić information content (AvgIpc) is 2.47. The van der Waals surface area contributed by atoms with Crippen molar-refractivity contribution in [1.82, 2.24) is 5.32 Å². The zero-order valence-electron chi connectivity index (χ0n) is 12.4. The number of amides is 1. The number of rotatable bonds is 2. The number of carbonyl (C=O) groups excluding carboxylic acids is 1. The SMILES string of the molecule is COc1ccc(C2(C)NC(=O)c3c(C)cccc3N2)cc1. The molecule has 1 aliphatic heterocycles. The maximum Gasteiger partial charge on any atom is 0.255 e. The van der Waals surface area contributed by atoms with Gasteiger partial charge in [0, 0.05) is 5.69 Å². The molecule has 0 fully saturated rings. The maximum atomic E-state index is 12.4. The number of hydrogen-bond acceptors (Lipinski definition) is 3. The maximum absolute atomic E-state index is 12.4. The van der Waals surface area contributed by atoms with Crippen LogP contribution < -0.4 is 15.4 Å². The molecule has 108 valence electrons. The van der Waals surface area contributed by atoms with Crippen LogP contribution in [0.25, 0.3) is 0 Å². The Morgan fingerprint density at radius 1 is 1.05 bits per heavy atom. The Hall–Kier alpha value is -2.49. The minimum absolute atomic E-state index is 0.0554. The number of carbonyl (C=O) groups is 1. The number of nitrogens with one attached hydrogen (secondary N) is 2. The molecule has 0 saturated carbocycles. The van der Waals surface area contributed by atoms with Gasteiger partial charge in [0.15, 0.2) is 0 Å². The fraction of sp³-hybridized carbons (Fsp3) is 0.235. The lowest BCUT2D eigenvalue weighted by atomic mass is 9.94. The second-order valence-electron chi connectivity index (χ2n) is 5.43. The first-order valence-corrected chi connectivity index (χ1v) is 6.88. The quantitative estimate of drug-likeness (QED) is 0.890. The second kappa shape index (κ2) is 4.81. The molecule has 2 N–H and O–H groups in total. The number of anilines is 1. The van der Waals surface area contributed by atoms with Crippen LogP contribution in [0.5, 0.6) is 5.75 Å². The van der Waals surface area contributed by atoms with Crippen LogP contribution in [0.4, 0.5) is 5.69 Å². The largest absolute Gasteiger partial charge is 0.497 e. The van der Waals surface area contributed by atoms with Gasteiger partial charge in [0.25, 0.3) is 5.91 Å². The Morgan fingerprint density at radius 2 is 1.76 bits per heavy atom. The van der Waals surface area contributed by atoms with Gasteiger partial charge >= 0.3 is 0 Å². The third kappa shape index (κ3) is 2.23. The second-order valence-corrected chi connectivity index (χ2v) is 5.43. The highest BCUT2D eigenvalue weighted by Crippen LogP contribution is 2.32. The lowest BCUT2D eigenvalue weighted by Gasteiger charge is -2.38. The molecule has 1 aliphatic rings. The van der Waals surface area contributed by atoms with E-state index in [0.29, 0.717) is 5.56 Å². The van der Waals surface area contributed by atoms with E-state index in [1.54, 1.807) is 7.11 Å². The van der Waals surface area contributed by atoms with Crippen LogP contribution in [0.15, 0.2) is 42.5 Å². The normalized spacial score (nSPS) is 20.2. The van der Waals surface area contributed by atoms with Crippen molar-refractivity contribution in [2.75, 3.05) is 12.4 Å². The van der Waals surface area contributed by atoms with E-state index in [0.717, 1.165) is 22.6 Å². The molecule has 0 radical (unpaired) electrons. The highest BCUT2D eigenvalue weighted by molar-refractivity contribution is 6.03. The Balaban J connectivity index is 2.02. The predicted molar refractivity (Wildman–Crippen MR) is 82.6 cm³/mol. The molecule has 4 heteroatoms. The van der Waals surface area contributed by atoms with Crippen molar-refractivity contribution in [3.05, 3.63) is 59.2 Å². The topological polar surface area (TPSA) is 50.4 Å². The molecule has 1 heterocycles. The minimum Gasteiger partial charge on any atom is -0.497 e. The van der Waals surface area contributed by atoms with Crippen LogP contribution >= 0.6 is 0 Å². The number of fused-ring (bicyclic) bond motifs is 1. The fourth-order valence-corrected chi connectivity index (χ4v) is 2.73. The number of benzene rings is 2. The van der Waals surface area contributed by atoms with E-state index in [9.17, 15) is 4.79 Å². The molecule has 2 aromatic rings. The van der Waals surface area contributed by atoms with Gasteiger partial charge in [-0.25, -0.2) is 0 Å². The molecular weight excluding hydrogens is 264 g/mol. The third-order valence-corrected chi connectivity index (χ3v) is 3.92. The zero-order valence-corrected chi connectivity index (χ0v) is 12.4. The van der Waals surface area contributed by atoms with E-state index in [4.69, 9.17) is 4.74 Å². The Labute approximate surface area is 124 Å². The summed E-state index contributed by atoms with van der Waals surface area (Å²) in [6.45, 7) is 3.90. The van der Waals surface area contributed by atoms with Gasteiger partial charge in [-0.2, -0.15) is 0 Å². The molecule has 0 aromatic heterocycles. The van der Waals surface area contributed by atoms with Crippen molar-refractivity contribution in [3.8, 4) is 5.75 Å². The number of methoxy groups -OCH3 is 1. The molecular formula is C17H18N2O2. The molecule has 3 rings (SSSR count). The summed E-state index contributed by atoms with van der Waals surface area (Å²) in [5.74, 6) is 0.737. The Morgan fingerprint density at radius 3 is 2.43 bits per heavy atom. The summed E-state index contributed by atoms with van der Waals surface area (Å²) >= 11 is 0. The standard InChI is InChI=1S/C17H18N2O2/c1-11-5-4-6-14-15(11)16(20)19-17(2,18-14)12-7-9-13(21-3)10-8-12/h4-10,18H,1-3H3,(H,19,20). The number of aryl methyl sites for hydroxylation is 1. The predicted octanol–water partition coefficient (Wildman–Crippen LogP) is 3.03. The highest BCUT2D eigenvalue weighted by atomic mass is 16.5. The number of hydrogen-bond donors (Lipinski definition) is 2. The van der Waals surface area contributed by atoms with E-state index in [2.05, 4.69) is 10.6 Å². The first-order valence-electron chi connectivity index (χ1n) is 6.88. The van der Waals surface area contributed by atoms with Crippen LogP contribution in [0.1, 0.15) is 28.4 Å². The first-order chi connectivity index (χ1) is 10.0. The molecule has 2 aromatic carbocycles. The summed E-state index contributed by atoms with van der Waals surface area (Å²) < 4.78 is 5.17. The summed E-state index contributed by atoms with van der Waals surface area (Å²) in [4.78, 5) is 12.4. The van der Waals surface area contributed by atoms with Gasteiger partial charge in [-0.3, -0.25) is 4.79 Å². The van der Waals surface area contributed by atoms with E-state index >= 15 is 0 Å². The van der Waals surface area contributed by atoms with Gasteiger partial charge in [0.1, 0.15) is 11.4 Å². The molecule has 21 heavy (non-hydrogen) atoms. The van der Waals surface area contributed by atoms with E-state index in [1.807, 2.05) is 56.3 Å². The van der Waals surface area contributed by atoms with Crippen molar-refractivity contribution in [1.29, 1.82) is 0 Å². The Kier molecular flexibility index (Phi) is 3.09. The first kappa shape index (κ1) is 13.5. The summed E-state index contributed by atoms with van der Waals surface area (Å²) in [7, 11) is 1.64. The summed E-state index contributed by atoms with van der Waals surface area (Å²) in [5.41, 5.74) is 2.88. The van der Waals surface area contributed by atoms with E-state index in [-0.39, 0.29) is 5.91 Å². The Bertz CT molecular complexity index is 694. The summed E-state index contributed by atoms with van der Waals surface area (Å²) in [5, 5.41) is 6.48. The van der Waals surface area contributed by atoms with Gasteiger partial charge in [-0.15, -0.1) is 0 Å². The fourth-order valence-electron chi connectivity index (χ4n) is 2.73. The molecule has 0 aliphatic carbocycles. The highest BCUT2D eigenvalue weighted by Gasteiger charge is 2.35. The van der Waals surface area contributed by atoms with Gasteiger partial charge in [0.2, 0.25) is 0 Å². The molecule has 0 bridgehead atoms. The van der Waals surface area contributed by atoms with E-state index < -0.39 is 5.66 Å². The van der Waals surface area contributed by atoms with Crippen molar-refractivity contribution < 1.29 is 9.53 Å². The average molecular weight is 282 g/mol. The van der Waals surface area contributed by atoms with Crippen LogP contribution in [-0.4, -0.2) is 13.0 Å². The summed E-state index contributed by atoms with van der Waals surface area (Å²) in [6.07, 6.45) is 0. The van der Waals surface area contributed by atoms with Crippen molar-refractivity contribution in [3.63, 3.8) is 0 Å². The minimum atomic E-state index is -0.635. The van der Waals surface area contributed by atoms with Gasteiger partial charge < -0.3 is 15.4 Å². The monoisotopic (exact) mass is 282 g/mol. The van der Waals surface area contributed by atoms with Gasteiger partial charge in [-0.1, -0.05) is 24.3 Å². The van der Waals surface area contributed by atoms with Crippen LogP contribution in [0.2, 0.25) is 0 Å². The molecule has 0 spiro atoms. The van der Waals surface area contributed by atoms with Crippen LogP contribution in [0.3, 0.4) is 0 Å². The summed E-state index contributed by atoms with van der Waals surface area (Å²) in [6, 6.07) is 13.5. The van der Waals surface area contributed by atoms with Crippen molar-refractivity contribution in [2.45, 2.75) is 19.5 Å². The molecule has 0 saturated heterocycles. The van der Waals surface area contributed by atoms with Gasteiger partial charge in [0.05, 0.1) is 12.7 Å². The zero-order chi connectivity index (χ0) is 15.0. The lowest BCUT2D eigenvalue weighted by Crippen LogP contribution is -2.53. The lowest BCUT2D eigenvalue weighted by molar-refractivity contribution is 0.0905. The van der Waals surface area contributed by atoms with Crippen molar-refractivity contribution in [2.24, 2.45) is 0 Å². The molecule has 1 unspecified atom stereocenters. The smallest absolute Gasteiger partial charge is 0.255 e. The van der Waals surface area contributed by atoms with Crippen molar-refractivity contribution >= 4 is 11.6 Å². The van der Waals surface area contributed by atoms with Crippen LogP contribution in [-0.2, 0) is 5.66 Å². The molecule has 4 nitrogen and oxygen atoms in total. The molecule has 1 amide bonds.